The molecule has 0 spiro atoms. The van der Waals surface area contributed by atoms with E-state index in [-0.39, 0.29) is 17.5 Å². The summed E-state index contributed by atoms with van der Waals surface area (Å²) in [4.78, 5) is 26.1. The van der Waals surface area contributed by atoms with E-state index in [1.54, 1.807) is 0 Å². The Morgan fingerprint density at radius 1 is 1.59 bits per heavy atom. The van der Waals surface area contributed by atoms with Gasteiger partial charge in [-0.1, -0.05) is 20.3 Å². The summed E-state index contributed by atoms with van der Waals surface area (Å²) >= 11 is 1.24. The van der Waals surface area contributed by atoms with E-state index in [0.717, 1.165) is 12.8 Å². The van der Waals surface area contributed by atoms with Crippen LogP contribution in [-0.2, 0) is 11.3 Å². The van der Waals surface area contributed by atoms with Gasteiger partial charge in [-0.2, -0.15) is 0 Å². The van der Waals surface area contributed by atoms with Crippen molar-refractivity contribution in [1.82, 2.24) is 10.3 Å². The molecule has 0 fully saturated rings. The molecule has 6 heteroatoms. The molecule has 0 radical (unpaired) electrons. The van der Waals surface area contributed by atoms with Gasteiger partial charge >= 0.3 is 5.97 Å². The van der Waals surface area contributed by atoms with Crippen molar-refractivity contribution in [2.45, 2.75) is 33.2 Å². The molecule has 0 aliphatic heterocycles. The van der Waals surface area contributed by atoms with Crippen molar-refractivity contribution < 1.29 is 14.7 Å². The lowest BCUT2D eigenvalue weighted by Crippen LogP contribution is -2.28. The summed E-state index contributed by atoms with van der Waals surface area (Å²) in [6.45, 7) is 4.21. The van der Waals surface area contributed by atoms with Crippen LogP contribution in [0.25, 0.3) is 0 Å². The maximum absolute atomic E-state index is 11.6. The molecule has 1 amide bonds. The fourth-order valence-electron chi connectivity index (χ4n) is 1.39. The van der Waals surface area contributed by atoms with Crippen molar-refractivity contribution >= 4 is 23.2 Å². The smallest absolute Gasteiger partial charge is 0.355 e. The van der Waals surface area contributed by atoms with Crippen LogP contribution in [-0.4, -0.2) is 22.0 Å². The van der Waals surface area contributed by atoms with Crippen molar-refractivity contribution in [1.29, 1.82) is 0 Å². The van der Waals surface area contributed by atoms with Crippen LogP contribution < -0.4 is 5.32 Å². The Morgan fingerprint density at radius 3 is 2.82 bits per heavy atom. The van der Waals surface area contributed by atoms with Gasteiger partial charge in [-0.3, -0.25) is 4.79 Å². The van der Waals surface area contributed by atoms with E-state index in [9.17, 15) is 9.59 Å². The molecule has 0 saturated heterocycles. The SMILES string of the molecule is CCCC(C)C(=O)NCc1nc(C(=O)O)cs1. The zero-order valence-electron chi connectivity index (χ0n) is 9.90. The predicted molar refractivity (Wildman–Crippen MR) is 65.0 cm³/mol. The summed E-state index contributed by atoms with van der Waals surface area (Å²) in [6.07, 6.45) is 1.82. The van der Waals surface area contributed by atoms with Crippen LogP contribution in [0, 0.1) is 5.92 Å². The Labute approximate surface area is 104 Å². The number of carbonyl (C=O) groups is 2. The molecule has 94 valence electrons. The molecule has 1 rings (SSSR count). The average molecular weight is 256 g/mol. The maximum Gasteiger partial charge on any atom is 0.355 e. The Morgan fingerprint density at radius 2 is 2.29 bits per heavy atom. The monoisotopic (exact) mass is 256 g/mol. The van der Waals surface area contributed by atoms with Crippen LogP contribution in [0.3, 0.4) is 0 Å². The summed E-state index contributed by atoms with van der Waals surface area (Å²) in [7, 11) is 0. The van der Waals surface area contributed by atoms with Gasteiger partial charge < -0.3 is 10.4 Å². The second kappa shape index (κ2) is 6.34. The first-order chi connectivity index (χ1) is 8.04. The molecule has 0 bridgehead atoms. The van der Waals surface area contributed by atoms with E-state index in [0.29, 0.717) is 11.6 Å². The first-order valence-corrected chi connectivity index (χ1v) is 6.38. The van der Waals surface area contributed by atoms with E-state index < -0.39 is 5.97 Å². The fourth-order valence-corrected chi connectivity index (χ4v) is 2.10. The van der Waals surface area contributed by atoms with Crippen LogP contribution in [0.4, 0.5) is 0 Å². The van der Waals surface area contributed by atoms with Crippen LogP contribution in [0.5, 0.6) is 0 Å². The molecular weight excluding hydrogens is 240 g/mol. The molecular formula is C11H16N2O3S. The molecule has 1 aromatic heterocycles. The zero-order chi connectivity index (χ0) is 12.8. The van der Waals surface area contributed by atoms with E-state index in [2.05, 4.69) is 10.3 Å². The minimum absolute atomic E-state index is 0.0149. The highest BCUT2D eigenvalue weighted by molar-refractivity contribution is 7.09. The molecule has 1 aromatic rings. The predicted octanol–water partition coefficient (Wildman–Crippen LogP) is 1.89. The van der Waals surface area contributed by atoms with Gasteiger partial charge in [-0.15, -0.1) is 11.3 Å². The normalized spacial score (nSPS) is 12.1. The number of hydrogen-bond donors (Lipinski definition) is 2. The number of carboxylic acid groups (broad SMARTS) is 1. The van der Waals surface area contributed by atoms with E-state index in [1.165, 1.54) is 16.7 Å². The molecule has 0 aliphatic rings. The van der Waals surface area contributed by atoms with Crippen LogP contribution in [0.15, 0.2) is 5.38 Å². The Bertz CT molecular complexity index is 403. The third kappa shape index (κ3) is 4.14. The minimum Gasteiger partial charge on any atom is -0.476 e. The van der Waals surface area contributed by atoms with E-state index in [4.69, 9.17) is 5.11 Å². The van der Waals surface area contributed by atoms with Gasteiger partial charge in [-0.25, -0.2) is 9.78 Å². The third-order valence-electron chi connectivity index (χ3n) is 2.35. The van der Waals surface area contributed by atoms with Gasteiger partial charge in [0.2, 0.25) is 5.91 Å². The number of nitrogens with zero attached hydrogens (tertiary/aromatic N) is 1. The lowest BCUT2D eigenvalue weighted by Gasteiger charge is -2.09. The topological polar surface area (TPSA) is 79.3 Å². The number of thiazole rings is 1. The first kappa shape index (κ1) is 13.6. The van der Waals surface area contributed by atoms with Crippen molar-refractivity contribution in [3.63, 3.8) is 0 Å². The maximum atomic E-state index is 11.6. The van der Waals surface area contributed by atoms with Gasteiger partial charge in [0.1, 0.15) is 5.01 Å². The van der Waals surface area contributed by atoms with Crippen LogP contribution in [0.2, 0.25) is 0 Å². The summed E-state index contributed by atoms with van der Waals surface area (Å²) in [5.74, 6) is -1.07. The Kier molecular flexibility index (Phi) is 5.09. The number of aromatic nitrogens is 1. The van der Waals surface area contributed by atoms with Gasteiger partial charge in [0.15, 0.2) is 5.69 Å². The number of rotatable bonds is 6. The van der Waals surface area contributed by atoms with Gasteiger partial charge in [0, 0.05) is 11.3 Å². The lowest BCUT2D eigenvalue weighted by atomic mass is 10.1. The minimum atomic E-state index is -1.04. The van der Waals surface area contributed by atoms with Crippen molar-refractivity contribution in [2.75, 3.05) is 0 Å². The number of hydrogen-bond acceptors (Lipinski definition) is 4. The highest BCUT2D eigenvalue weighted by atomic mass is 32.1. The Hall–Kier alpha value is -1.43. The van der Waals surface area contributed by atoms with E-state index in [1.807, 2.05) is 13.8 Å². The molecule has 0 aliphatic carbocycles. The van der Waals surface area contributed by atoms with E-state index >= 15 is 0 Å². The molecule has 1 unspecified atom stereocenters. The summed E-state index contributed by atoms with van der Waals surface area (Å²) in [6, 6.07) is 0. The summed E-state index contributed by atoms with van der Waals surface area (Å²) in [5, 5.41) is 13.5. The lowest BCUT2D eigenvalue weighted by molar-refractivity contribution is -0.124. The fraction of sp³-hybridized carbons (Fsp3) is 0.545. The second-order valence-corrected chi connectivity index (χ2v) is 4.78. The quantitative estimate of drug-likeness (QED) is 0.814. The van der Waals surface area contributed by atoms with Crippen molar-refractivity contribution in [2.24, 2.45) is 5.92 Å². The van der Waals surface area contributed by atoms with Gasteiger partial charge in [0.05, 0.1) is 6.54 Å². The number of aromatic carboxylic acids is 1. The Balaban J connectivity index is 2.44. The number of carbonyl (C=O) groups excluding carboxylic acids is 1. The number of nitrogens with one attached hydrogen (secondary N) is 1. The molecule has 0 saturated carbocycles. The van der Waals surface area contributed by atoms with Crippen LogP contribution in [0.1, 0.15) is 42.2 Å². The summed E-state index contributed by atoms with van der Waals surface area (Å²) < 4.78 is 0. The molecule has 1 atom stereocenters. The molecule has 1 heterocycles. The van der Waals surface area contributed by atoms with Crippen LogP contribution >= 0.6 is 11.3 Å². The zero-order valence-corrected chi connectivity index (χ0v) is 10.7. The molecule has 2 N–H and O–H groups in total. The standard InChI is InChI=1S/C11H16N2O3S/c1-3-4-7(2)10(14)12-5-9-13-8(6-17-9)11(15)16/h6-7H,3-5H2,1-2H3,(H,12,14)(H,15,16). The largest absolute Gasteiger partial charge is 0.476 e. The highest BCUT2D eigenvalue weighted by Crippen LogP contribution is 2.10. The average Bonchev–Trinajstić information content (AvgIpc) is 2.75. The summed E-state index contributed by atoms with van der Waals surface area (Å²) in [5.41, 5.74) is 0.0286. The molecule has 0 aromatic carbocycles. The number of amides is 1. The van der Waals surface area contributed by atoms with Crippen molar-refractivity contribution in [3.05, 3.63) is 16.1 Å². The third-order valence-corrected chi connectivity index (χ3v) is 3.20. The molecule has 5 nitrogen and oxygen atoms in total. The molecule has 17 heavy (non-hydrogen) atoms. The van der Waals surface area contributed by atoms with Gasteiger partial charge in [0.25, 0.3) is 0 Å². The van der Waals surface area contributed by atoms with Gasteiger partial charge in [-0.05, 0) is 6.42 Å². The highest BCUT2D eigenvalue weighted by Gasteiger charge is 2.13. The first-order valence-electron chi connectivity index (χ1n) is 5.50. The second-order valence-electron chi connectivity index (χ2n) is 3.84. The van der Waals surface area contributed by atoms with Crippen molar-refractivity contribution in [3.8, 4) is 0 Å². The number of carboxylic acids is 1.